The Balaban J connectivity index is 0.000000291. The Morgan fingerprint density at radius 2 is 1.33 bits per heavy atom. The first-order valence-electron chi connectivity index (χ1n) is 2.47. The van der Waals surface area contributed by atoms with Gasteiger partial charge in [0.05, 0.1) is 6.42 Å². The number of hydrogen-bond donors (Lipinski definition) is 0. The van der Waals surface area contributed by atoms with E-state index < -0.39 is 0 Å². The first-order chi connectivity index (χ1) is 4.29. The third kappa shape index (κ3) is 4.24. The highest BCUT2D eigenvalue weighted by Crippen LogP contribution is 2.07. The summed E-state index contributed by atoms with van der Waals surface area (Å²) in [6.45, 7) is 0. The van der Waals surface area contributed by atoms with Gasteiger partial charge in [0.15, 0.2) is 0 Å². The molecule has 9 heavy (non-hydrogen) atoms. The molecule has 4 heteroatoms. The summed E-state index contributed by atoms with van der Waals surface area (Å²) in [5.41, 5.74) is 0. The quantitative estimate of drug-likeness (QED) is 0.494. The zero-order valence-corrected chi connectivity index (χ0v) is 9.01. The summed E-state index contributed by atoms with van der Waals surface area (Å²) in [6, 6.07) is 0. The summed E-state index contributed by atoms with van der Waals surface area (Å²) in [5, 5.41) is 0. The van der Waals surface area contributed by atoms with E-state index >= 15 is 0 Å². The van der Waals surface area contributed by atoms with Crippen molar-refractivity contribution in [2.75, 3.05) is 0 Å². The van der Waals surface area contributed by atoms with E-state index in [2.05, 4.69) is 37.2 Å². The molecular formula is C5H6I2O2. The second-order valence-electron chi connectivity index (χ2n) is 1.75. The third-order valence-corrected chi connectivity index (χ3v) is 1.08. The van der Waals surface area contributed by atoms with E-state index in [1.54, 1.807) is 0 Å². The maximum Gasteiger partial charge on any atom is 0.140 e. The molecule has 0 bridgehead atoms. The van der Waals surface area contributed by atoms with E-state index in [1.807, 2.05) is 0 Å². The summed E-state index contributed by atoms with van der Waals surface area (Å²) in [5.74, 6) is 0.204. The smallest absolute Gasteiger partial charge is 0.140 e. The van der Waals surface area contributed by atoms with Gasteiger partial charge in [-0.05, 0) is 0 Å². The maximum atomic E-state index is 10.2. The SMILES string of the molecule is II.O=C1CCC(=O)C1. The molecule has 0 amide bonds. The first kappa shape index (κ1) is 9.80. The molecule has 1 aliphatic rings. The van der Waals surface area contributed by atoms with Crippen LogP contribution in [0.15, 0.2) is 0 Å². The average Bonchev–Trinajstić information content (AvgIpc) is 2.20. The van der Waals surface area contributed by atoms with Crippen LogP contribution in [-0.4, -0.2) is 11.6 Å². The Hall–Kier alpha value is 0.800. The lowest BCUT2D eigenvalue weighted by Gasteiger charge is -1.71. The Morgan fingerprint density at radius 1 is 1.00 bits per heavy atom. The molecule has 0 unspecified atom stereocenters. The van der Waals surface area contributed by atoms with Crippen molar-refractivity contribution < 1.29 is 9.59 Å². The van der Waals surface area contributed by atoms with Gasteiger partial charge in [0, 0.05) is 50.1 Å². The summed E-state index contributed by atoms with van der Waals surface area (Å²) in [7, 11) is 0. The van der Waals surface area contributed by atoms with Crippen LogP contribution in [-0.2, 0) is 9.59 Å². The highest BCUT2D eigenvalue weighted by atomic mass is 128. The molecule has 0 N–H and O–H groups in total. The number of rotatable bonds is 0. The van der Waals surface area contributed by atoms with E-state index in [0.29, 0.717) is 12.8 Å². The van der Waals surface area contributed by atoms with Crippen molar-refractivity contribution in [1.29, 1.82) is 0 Å². The zero-order chi connectivity index (χ0) is 7.28. The summed E-state index contributed by atoms with van der Waals surface area (Å²) in [6.07, 6.45) is 1.16. The fourth-order valence-electron chi connectivity index (χ4n) is 0.676. The number of ketones is 2. The van der Waals surface area contributed by atoms with E-state index in [-0.39, 0.29) is 18.0 Å². The van der Waals surface area contributed by atoms with Crippen LogP contribution in [0.5, 0.6) is 0 Å². The zero-order valence-electron chi connectivity index (χ0n) is 4.69. The van der Waals surface area contributed by atoms with E-state index in [0.717, 1.165) is 0 Å². The minimum Gasteiger partial charge on any atom is -0.299 e. The molecule has 0 saturated heterocycles. The number of Topliss-reactive ketones (excluding diaryl/α,β-unsaturated/α-hetero) is 2. The molecule has 0 radical (unpaired) electrons. The van der Waals surface area contributed by atoms with E-state index in [4.69, 9.17) is 0 Å². The monoisotopic (exact) mass is 352 g/mol. The molecule has 0 aromatic rings. The van der Waals surface area contributed by atoms with Gasteiger partial charge in [-0.25, -0.2) is 0 Å². The number of hydrogen-bond acceptors (Lipinski definition) is 2. The van der Waals surface area contributed by atoms with Crippen molar-refractivity contribution >= 4 is 48.8 Å². The Kier molecular flexibility index (Phi) is 6.07. The molecule has 0 spiro atoms. The van der Waals surface area contributed by atoms with E-state index in [9.17, 15) is 9.59 Å². The molecule has 2 nitrogen and oxygen atoms in total. The van der Waals surface area contributed by atoms with Gasteiger partial charge in [0.25, 0.3) is 0 Å². The lowest BCUT2D eigenvalue weighted by atomic mass is 10.3. The lowest BCUT2D eigenvalue weighted by Crippen LogP contribution is -1.88. The Morgan fingerprint density at radius 3 is 1.44 bits per heavy atom. The van der Waals surface area contributed by atoms with Crippen LogP contribution in [0, 0.1) is 0 Å². The molecule has 0 aliphatic heterocycles. The summed E-state index contributed by atoms with van der Waals surface area (Å²) >= 11 is 4.24. The Bertz CT molecular complexity index is 108. The Labute approximate surface area is 77.1 Å². The number of carbonyl (C=O) groups excluding carboxylic acids is 2. The van der Waals surface area contributed by atoms with Crippen molar-refractivity contribution in [3.8, 4) is 0 Å². The van der Waals surface area contributed by atoms with Gasteiger partial charge in [-0.2, -0.15) is 0 Å². The highest BCUT2D eigenvalue weighted by molar-refractivity contribution is 15.0. The largest absolute Gasteiger partial charge is 0.299 e. The number of carbonyl (C=O) groups is 2. The molecule has 0 aromatic carbocycles. The minimum absolute atomic E-state index is 0.102. The second kappa shape index (κ2) is 5.57. The molecule has 1 rings (SSSR count). The van der Waals surface area contributed by atoms with Crippen LogP contribution in [0.2, 0.25) is 0 Å². The van der Waals surface area contributed by atoms with Gasteiger partial charge < -0.3 is 0 Å². The van der Waals surface area contributed by atoms with E-state index in [1.165, 1.54) is 0 Å². The fraction of sp³-hybridized carbons (Fsp3) is 0.600. The van der Waals surface area contributed by atoms with Crippen LogP contribution in [0.4, 0.5) is 0 Å². The predicted molar refractivity (Wildman–Crippen MR) is 51.9 cm³/mol. The molecular weight excluding hydrogens is 346 g/mol. The van der Waals surface area contributed by atoms with Gasteiger partial charge in [-0.3, -0.25) is 9.59 Å². The molecule has 1 fully saturated rings. The topological polar surface area (TPSA) is 34.1 Å². The highest BCUT2D eigenvalue weighted by Gasteiger charge is 2.17. The van der Waals surface area contributed by atoms with Gasteiger partial charge >= 0.3 is 0 Å². The normalized spacial score (nSPS) is 17.1. The summed E-state index contributed by atoms with van der Waals surface area (Å²) in [4.78, 5) is 20.5. The molecule has 1 aliphatic carbocycles. The van der Waals surface area contributed by atoms with Crippen LogP contribution in [0.25, 0.3) is 0 Å². The molecule has 1 saturated carbocycles. The second-order valence-corrected chi connectivity index (χ2v) is 1.75. The van der Waals surface area contributed by atoms with Crippen LogP contribution in [0.3, 0.4) is 0 Å². The molecule has 0 atom stereocenters. The number of halogens is 2. The minimum atomic E-state index is 0.102. The van der Waals surface area contributed by atoms with Crippen molar-refractivity contribution in [2.24, 2.45) is 0 Å². The van der Waals surface area contributed by atoms with Crippen LogP contribution < -0.4 is 0 Å². The van der Waals surface area contributed by atoms with Crippen molar-refractivity contribution in [3.05, 3.63) is 0 Å². The lowest BCUT2D eigenvalue weighted by molar-refractivity contribution is -0.121. The van der Waals surface area contributed by atoms with Gasteiger partial charge in [-0.1, -0.05) is 0 Å². The van der Waals surface area contributed by atoms with Crippen LogP contribution >= 0.6 is 37.2 Å². The molecule has 0 aromatic heterocycles. The van der Waals surface area contributed by atoms with Crippen molar-refractivity contribution in [3.63, 3.8) is 0 Å². The first-order valence-corrected chi connectivity index (χ1v) is 8.75. The van der Waals surface area contributed by atoms with Gasteiger partial charge in [0.2, 0.25) is 0 Å². The molecule has 52 valence electrons. The standard InChI is InChI=1S/C5H6O2.I2/c6-4-1-2-5(7)3-4;1-2/h1-3H2;. The average molecular weight is 352 g/mol. The fourth-order valence-corrected chi connectivity index (χ4v) is 0.676. The predicted octanol–water partition coefficient (Wildman–Crippen LogP) is 2.08. The maximum absolute atomic E-state index is 10.2. The van der Waals surface area contributed by atoms with Gasteiger partial charge in [0.1, 0.15) is 11.6 Å². The third-order valence-electron chi connectivity index (χ3n) is 1.08. The van der Waals surface area contributed by atoms with Gasteiger partial charge in [-0.15, -0.1) is 0 Å². The van der Waals surface area contributed by atoms with Crippen molar-refractivity contribution in [2.45, 2.75) is 19.3 Å². The van der Waals surface area contributed by atoms with Crippen molar-refractivity contribution in [1.82, 2.24) is 0 Å². The summed E-state index contributed by atoms with van der Waals surface area (Å²) < 4.78 is 0. The van der Waals surface area contributed by atoms with Crippen LogP contribution in [0.1, 0.15) is 19.3 Å². The molecule has 0 heterocycles.